The van der Waals surface area contributed by atoms with Crippen LogP contribution in [0.15, 0.2) is 0 Å². The highest BCUT2D eigenvalue weighted by atomic mass is 32.7. The fraction of sp³-hybridized carbons (Fsp3) is 0.929. The molecule has 0 unspecified atom stereocenters. The topological polar surface area (TPSA) is 61.8 Å². The Labute approximate surface area is 132 Å². The molecule has 7 heteroatoms. The van der Waals surface area contributed by atoms with Gasteiger partial charge in [0.1, 0.15) is 5.94 Å². The minimum absolute atomic E-state index is 0.0699. The SMILES string of the molecule is CC(C)(C)OP(=O)(OC(C)(C)C)SCOC(=O)C(C)(C)C. The summed E-state index contributed by atoms with van der Waals surface area (Å²) in [5.74, 6) is -0.424. The van der Waals surface area contributed by atoms with E-state index in [0.29, 0.717) is 0 Å². The van der Waals surface area contributed by atoms with Crippen LogP contribution in [0.4, 0.5) is 0 Å². The smallest absolute Gasteiger partial charge is 0.393 e. The Morgan fingerprint density at radius 1 is 0.905 bits per heavy atom. The Bertz CT molecular complexity index is 381. The van der Waals surface area contributed by atoms with Crippen molar-refractivity contribution in [2.24, 2.45) is 5.41 Å². The highest BCUT2D eigenvalue weighted by Gasteiger charge is 2.37. The average molecular weight is 340 g/mol. The van der Waals surface area contributed by atoms with Crippen LogP contribution in [0, 0.1) is 5.41 Å². The average Bonchev–Trinajstić information content (AvgIpc) is 2.08. The molecule has 0 heterocycles. The lowest BCUT2D eigenvalue weighted by Gasteiger charge is -2.31. The minimum Gasteiger partial charge on any atom is -0.454 e. The predicted octanol–water partition coefficient (Wildman–Crippen LogP) is 5.00. The van der Waals surface area contributed by atoms with E-state index >= 15 is 0 Å². The molecule has 5 nitrogen and oxygen atoms in total. The van der Waals surface area contributed by atoms with Gasteiger partial charge in [-0.05, 0) is 62.3 Å². The van der Waals surface area contributed by atoms with Crippen molar-refractivity contribution >= 4 is 24.1 Å². The molecule has 0 amide bonds. The van der Waals surface area contributed by atoms with Gasteiger partial charge in [-0.15, -0.1) is 0 Å². The maximum absolute atomic E-state index is 12.8. The van der Waals surface area contributed by atoms with E-state index in [2.05, 4.69) is 0 Å². The van der Waals surface area contributed by atoms with Crippen LogP contribution in [-0.4, -0.2) is 23.1 Å². The van der Waals surface area contributed by atoms with Gasteiger partial charge in [0.15, 0.2) is 0 Å². The molecule has 0 spiro atoms. The summed E-state index contributed by atoms with van der Waals surface area (Å²) in [7, 11) is 0. The Balaban J connectivity index is 4.78. The second kappa shape index (κ2) is 7.03. The second-order valence-corrected chi connectivity index (χ2v) is 11.7. The first kappa shape index (κ1) is 21.0. The highest BCUT2D eigenvalue weighted by Crippen LogP contribution is 2.64. The van der Waals surface area contributed by atoms with Crippen LogP contribution in [0.5, 0.6) is 0 Å². The summed E-state index contributed by atoms with van der Waals surface area (Å²) in [4.78, 5) is 11.7. The van der Waals surface area contributed by atoms with E-state index < -0.39 is 23.4 Å². The molecule has 21 heavy (non-hydrogen) atoms. The van der Waals surface area contributed by atoms with Gasteiger partial charge in [0.05, 0.1) is 16.6 Å². The monoisotopic (exact) mass is 340 g/mol. The van der Waals surface area contributed by atoms with Crippen LogP contribution < -0.4 is 0 Å². The highest BCUT2D eigenvalue weighted by molar-refractivity contribution is 8.55. The fourth-order valence-electron chi connectivity index (χ4n) is 1.10. The lowest BCUT2D eigenvalue weighted by molar-refractivity contribution is -0.150. The molecule has 0 saturated heterocycles. The first-order valence-corrected chi connectivity index (χ1v) is 10.0. The first-order chi connectivity index (χ1) is 9.04. The van der Waals surface area contributed by atoms with Crippen molar-refractivity contribution in [3.63, 3.8) is 0 Å². The molecule has 0 bridgehead atoms. The Kier molecular flexibility index (Phi) is 7.02. The summed E-state index contributed by atoms with van der Waals surface area (Å²) >= 11 is 0.890. The molecule has 0 rings (SSSR count). The number of esters is 1. The Morgan fingerprint density at radius 3 is 1.57 bits per heavy atom. The summed E-state index contributed by atoms with van der Waals surface area (Å²) in [6, 6.07) is 0. The predicted molar refractivity (Wildman–Crippen MR) is 87.3 cm³/mol. The van der Waals surface area contributed by atoms with E-state index in [-0.39, 0.29) is 11.9 Å². The zero-order chi connectivity index (χ0) is 17.1. The quantitative estimate of drug-likeness (QED) is 0.398. The standard InChI is InChI=1S/C14H29O5PS/c1-12(2,3)11(15)17-10-21-20(16,18-13(4,5)6)19-14(7,8)9/h10H2,1-9H3. The van der Waals surface area contributed by atoms with Crippen molar-refractivity contribution < 1.29 is 23.1 Å². The summed E-state index contributed by atoms with van der Waals surface area (Å²) in [5, 5.41) is 0. The van der Waals surface area contributed by atoms with Crippen molar-refractivity contribution in [3.05, 3.63) is 0 Å². The lowest BCUT2D eigenvalue weighted by Crippen LogP contribution is -2.24. The zero-order valence-corrected chi connectivity index (χ0v) is 16.3. The first-order valence-electron chi connectivity index (χ1n) is 6.87. The molecule has 0 aliphatic carbocycles. The fourth-order valence-corrected chi connectivity index (χ4v) is 5.08. The van der Waals surface area contributed by atoms with E-state index in [1.54, 1.807) is 62.3 Å². The number of hydrogen-bond donors (Lipinski definition) is 0. The number of carbonyl (C=O) groups is 1. The molecule has 0 aromatic carbocycles. The molecular formula is C14H29O5PS. The van der Waals surface area contributed by atoms with E-state index in [9.17, 15) is 9.36 Å². The van der Waals surface area contributed by atoms with E-state index in [0.717, 1.165) is 11.4 Å². The third-order valence-electron chi connectivity index (χ3n) is 1.78. The molecule has 0 aromatic heterocycles. The van der Waals surface area contributed by atoms with Crippen LogP contribution in [0.25, 0.3) is 0 Å². The van der Waals surface area contributed by atoms with Crippen molar-refractivity contribution in [2.45, 2.75) is 73.5 Å². The van der Waals surface area contributed by atoms with Crippen molar-refractivity contribution in [1.82, 2.24) is 0 Å². The maximum atomic E-state index is 12.8. The van der Waals surface area contributed by atoms with E-state index in [4.69, 9.17) is 13.8 Å². The number of rotatable bonds is 5. The molecule has 0 N–H and O–H groups in total. The molecular weight excluding hydrogens is 311 g/mol. The third-order valence-corrected chi connectivity index (χ3v) is 5.58. The zero-order valence-electron chi connectivity index (χ0n) is 14.6. The normalized spacial score (nSPS) is 14.1. The summed E-state index contributed by atoms with van der Waals surface area (Å²) in [6.07, 6.45) is 0. The van der Waals surface area contributed by atoms with Gasteiger partial charge < -0.3 is 4.74 Å². The second-order valence-electron chi connectivity index (χ2n) is 7.78. The van der Waals surface area contributed by atoms with Gasteiger partial charge in [-0.1, -0.05) is 0 Å². The number of carbonyl (C=O) groups excluding carboxylic acids is 1. The molecule has 0 aliphatic heterocycles. The minimum atomic E-state index is -3.43. The number of hydrogen-bond acceptors (Lipinski definition) is 6. The van der Waals surface area contributed by atoms with Crippen molar-refractivity contribution in [2.75, 3.05) is 5.94 Å². The van der Waals surface area contributed by atoms with Crippen molar-refractivity contribution in [1.29, 1.82) is 0 Å². The van der Waals surface area contributed by atoms with E-state index in [1.165, 1.54) is 0 Å². The number of ether oxygens (including phenoxy) is 1. The van der Waals surface area contributed by atoms with Gasteiger partial charge in [0, 0.05) is 11.4 Å². The molecule has 0 fully saturated rings. The molecule has 0 aromatic rings. The van der Waals surface area contributed by atoms with Gasteiger partial charge in [0.25, 0.3) is 0 Å². The third kappa shape index (κ3) is 10.3. The van der Waals surface area contributed by atoms with Crippen LogP contribution >= 0.6 is 18.2 Å². The van der Waals surface area contributed by atoms with Crippen LogP contribution in [0.2, 0.25) is 0 Å². The summed E-state index contributed by atoms with van der Waals surface area (Å²) in [6.45, 7) is 12.6. The van der Waals surface area contributed by atoms with Crippen molar-refractivity contribution in [3.8, 4) is 0 Å². The van der Waals surface area contributed by atoms with Crippen LogP contribution in [0.3, 0.4) is 0 Å². The lowest BCUT2D eigenvalue weighted by atomic mass is 9.98. The summed E-state index contributed by atoms with van der Waals surface area (Å²) < 4.78 is 29.1. The maximum Gasteiger partial charge on any atom is 0.393 e. The molecule has 0 aliphatic rings. The Morgan fingerprint density at radius 2 is 1.29 bits per heavy atom. The molecule has 0 radical (unpaired) electrons. The molecule has 0 atom stereocenters. The van der Waals surface area contributed by atoms with Crippen LogP contribution in [-0.2, 0) is 23.1 Å². The van der Waals surface area contributed by atoms with Gasteiger partial charge in [-0.2, -0.15) is 0 Å². The molecule has 126 valence electrons. The van der Waals surface area contributed by atoms with Gasteiger partial charge in [0.2, 0.25) is 0 Å². The van der Waals surface area contributed by atoms with Gasteiger partial charge in [-0.3, -0.25) is 13.8 Å². The van der Waals surface area contributed by atoms with E-state index in [1.807, 2.05) is 0 Å². The van der Waals surface area contributed by atoms with Gasteiger partial charge >= 0.3 is 12.8 Å². The van der Waals surface area contributed by atoms with Crippen LogP contribution in [0.1, 0.15) is 62.3 Å². The Hall–Kier alpha value is -0.0300. The van der Waals surface area contributed by atoms with Gasteiger partial charge in [-0.25, -0.2) is 4.57 Å². The largest absolute Gasteiger partial charge is 0.454 e. The molecule has 0 saturated carbocycles. The summed E-state index contributed by atoms with van der Waals surface area (Å²) in [5.41, 5.74) is -1.84.